The number of likely N-dealkylation sites (tertiary alicyclic amines) is 1. The minimum absolute atomic E-state index is 0.208. The van der Waals surface area contributed by atoms with Gasteiger partial charge in [0, 0.05) is 13.0 Å². The summed E-state index contributed by atoms with van der Waals surface area (Å²) in [5.74, 6) is 0.208. The van der Waals surface area contributed by atoms with Crippen LogP contribution in [0.15, 0.2) is 24.3 Å². The van der Waals surface area contributed by atoms with Gasteiger partial charge in [0.05, 0.1) is 5.52 Å². The zero-order valence-electron chi connectivity index (χ0n) is 8.83. The molecule has 0 aliphatic carbocycles. The molecule has 2 heterocycles. The number of hydrogen-bond donors (Lipinski definition) is 0. The first-order valence-electron chi connectivity index (χ1n) is 5.40. The van der Waals surface area contributed by atoms with Gasteiger partial charge in [0.2, 0.25) is 5.91 Å². The molecular weight excluding hydrogens is 204 g/mol. The Morgan fingerprint density at radius 3 is 3.00 bits per heavy atom. The van der Waals surface area contributed by atoms with E-state index in [2.05, 4.69) is 10.3 Å². The molecule has 1 fully saturated rings. The second-order valence-corrected chi connectivity index (χ2v) is 3.98. The Balaban J connectivity index is 1.92. The number of aromatic nitrogens is 3. The Bertz CT molecular complexity index is 534. The van der Waals surface area contributed by atoms with E-state index in [9.17, 15) is 4.79 Å². The Kier molecular flexibility index (Phi) is 2.09. The van der Waals surface area contributed by atoms with E-state index < -0.39 is 0 Å². The van der Waals surface area contributed by atoms with Crippen molar-refractivity contribution in [1.82, 2.24) is 19.9 Å². The molecule has 16 heavy (non-hydrogen) atoms. The molecule has 82 valence electrons. The van der Waals surface area contributed by atoms with Crippen molar-refractivity contribution in [2.24, 2.45) is 0 Å². The third-order valence-corrected chi connectivity index (χ3v) is 2.90. The third kappa shape index (κ3) is 1.44. The van der Waals surface area contributed by atoms with E-state index in [0.717, 1.165) is 24.0 Å². The average molecular weight is 216 g/mol. The Morgan fingerprint density at radius 2 is 2.19 bits per heavy atom. The van der Waals surface area contributed by atoms with Gasteiger partial charge in [-0.2, -0.15) is 0 Å². The van der Waals surface area contributed by atoms with E-state index in [0.29, 0.717) is 13.1 Å². The van der Waals surface area contributed by atoms with E-state index in [1.165, 1.54) is 0 Å². The standard InChI is InChI=1S/C11H12N4O/c16-11-6-3-7-14(11)8-15-10-5-2-1-4-9(10)12-13-15/h1-2,4-5H,3,6-8H2. The molecule has 0 N–H and O–H groups in total. The summed E-state index contributed by atoms with van der Waals surface area (Å²) in [4.78, 5) is 13.3. The maximum atomic E-state index is 11.5. The number of hydrogen-bond acceptors (Lipinski definition) is 3. The molecule has 0 atom stereocenters. The minimum Gasteiger partial charge on any atom is -0.323 e. The molecule has 0 saturated carbocycles. The number of para-hydroxylation sites is 1. The van der Waals surface area contributed by atoms with Gasteiger partial charge in [-0.1, -0.05) is 17.3 Å². The third-order valence-electron chi connectivity index (χ3n) is 2.90. The largest absolute Gasteiger partial charge is 0.323 e. The summed E-state index contributed by atoms with van der Waals surface area (Å²) in [6, 6.07) is 7.77. The Morgan fingerprint density at radius 1 is 1.31 bits per heavy atom. The van der Waals surface area contributed by atoms with Crippen LogP contribution in [-0.2, 0) is 11.5 Å². The molecule has 1 aliphatic heterocycles. The van der Waals surface area contributed by atoms with Crippen molar-refractivity contribution in [2.75, 3.05) is 6.54 Å². The lowest BCUT2D eigenvalue weighted by atomic mass is 10.3. The van der Waals surface area contributed by atoms with Crippen LogP contribution >= 0.6 is 0 Å². The Labute approximate surface area is 92.6 Å². The SMILES string of the molecule is O=C1CCCN1Cn1nnc2ccccc21. The highest BCUT2D eigenvalue weighted by atomic mass is 16.2. The van der Waals surface area contributed by atoms with Gasteiger partial charge in [-0.3, -0.25) is 4.79 Å². The minimum atomic E-state index is 0.208. The van der Waals surface area contributed by atoms with Crippen LogP contribution in [0, 0.1) is 0 Å². The predicted octanol–water partition coefficient (Wildman–Crippen LogP) is 1.01. The number of rotatable bonds is 2. The van der Waals surface area contributed by atoms with E-state index in [1.54, 1.807) is 4.68 Å². The number of fused-ring (bicyclic) bond motifs is 1. The van der Waals surface area contributed by atoms with E-state index >= 15 is 0 Å². The fourth-order valence-corrected chi connectivity index (χ4v) is 2.04. The summed E-state index contributed by atoms with van der Waals surface area (Å²) >= 11 is 0. The molecule has 1 amide bonds. The summed E-state index contributed by atoms with van der Waals surface area (Å²) in [5.41, 5.74) is 1.84. The van der Waals surface area contributed by atoms with Crippen molar-refractivity contribution < 1.29 is 4.79 Å². The van der Waals surface area contributed by atoms with Crippen LogP contribution < -0.4 is 0 Å². The van der Waals surface area contributed by atoms with E-state index in [1.807, 2.05) is 29.2 Å². The molecular formula is C11H12N4O. The van der Waals surface area contributed by atoms with E-state index in [-0.39, 0.29) is 5.91 Å². The summed E-state index contributed by atoms with van der Waals surface area (Å²) in [5, 5.41) is 8.13. The van der Waals surface area contributed by atoms with Gasteiger partial charge < -0.3 is 4.90 Å². The summed E-state index contributed by atoms with van der Waals surface area (Å²) in [6.45, 7) is 1.34. The van der Waals surface area contributed by atoms with Crippen molar-refractivity contribution in [3.8, 4) is 0 Å². The van der Waals surface area contributed by atoms with Crippen molar-refractivity contribution in [3.63, 3.8) is 0 Å². The van der Waals surface area contributed by atoms with Crippen LogP contribution in [0.4, 0.5) is 0 Å². The summed E-state index contributed by atoms with van der Waals surface area (Å²) in [7, 11) is 0. The molecule has 2 aromatic rings. The zero-order chi connectivity index (χ0) is 11.0. The molecule has 1 saturated heterocycles. The monoisotopic (exact) mass is 216 g/mol. The van der Waals surface area contributed by atoms with Crippen molar-refractivity contribution in [3.05, 3.63) is 24.3 Å². The van der Waals surface area contributed by atoms with Gasteiger partial charge in [0.25, 0.3) is 0 Å². The average Bonchev–Trinajstić information content (AvgIpc) is 2.88. The molecule has 0 spiro atoms. The van der Waals surface area contributed by atoms with E-state index in [4.69, 9.17) is 0 Å². The Hall–Kier alpha value is -1.91. The molecule has 3 rings (SSSR count). The van der Waals surface area contributed by atoms with Gasteiger partial charge in [0.15, 0.2) is 0 Å². The number of carbonyl (C=O) groups excluding carboxylic acids is 1. The first-order valence-corrected chi connectivity index (χ1v) is 5.40. The van der Waals surface area contributed by atoms with Gasteiger partial charge in [-0.25, -0.2) is 4.68 Å². The highest BCUT2D eigenvalue weighted by molar-refractivity contribution is 5.78. The number of amides is 1. The van der Waals surface area contributed by atoms with Crippen LogP contribution in [0.5, 0.6) is 0 Å². The van der Waals surface area contributed by atoms with Crippen LogP contribution in [0.2, 0.25) is 0 Å². The van der Waals surface area contributed by atoms with Crippen LogP contribution in [-0.4, -0.2) is 32.3 Å². The molecule has 1 aliphatic rings. The van der Waals surface area contributed by atoms with Gasteiger partial charge in [-0.05, 0) is 18.6 Å². The first-order chi connectivity index (χ1) is 7.84. The fourth-order valence-electron chi connectivity index (χ4n) is 2.04. The topological polar surface area (TPSA) is 51.0 Å². The first kappa shape index (κ1) is 9.33. The van der Waals surface area contributed by atoms with Crippen molar-refractivity contribution in [1.29, 1.82) is 0 Å². The maximum Gasteiger partial charge on any atom is 0.224 e. The van der Waals surface area contributed by atoms with Gasteiger partial charge in [0.1, 0.15) is 12.2 Å². The summed E-state index contributed by atoms with van der Waals surface area (Å²) < 4.78 is 1.78. The van der Waals surface area contributed by atoms with Gasteiger partial charge in [-0.15, -0.1) is 5.10 Å². The molecule has 0 radical (unpaired) electrons. The summed E-state index contributed by atoms with van der Waals surface area (Å²) in [6.07, 6.45) is 1.61. The molecule has 5 heteroatoms. The maximum absolute atomic E-state index is 11.5. The second kappa shape index (κ2) is 3.59. The lowest BCUT2D eigenvalue weighted by Gasteiger charge is -2.15. The van der Waals surface area contributed by atoms with Crippen LogP contribution in [0.3, 0.4) is 0 Å². The second-order valence-electron chi connectivity index (χ2n) is 3.98. The molecule has 0 bridgehead atoms. The quantitative estimate of drug-likeness (QED) is 0.752. The normalized spacial score (nSPS) is 16.2. The highest BCUT2D eigenvalue weighted by Gasteiger charge is 2.20. The smallest absolute Gasteiger partial charge is 0.224 e. The lowest BCUT2D eigenvalue weighted by molar-refractivity contribution is -0.129. The lowest BCUT2D eigenvalue weighted by Crippen LogP contribution is -2.27. The van der Waals surface area contributed by atoms with Crippen molar-refractivity contribution >= 4 is 16.9 Å². The molecule has 5 nitrogen and oxygen atoms in total. The van der Waals surface area contributed by atoms with Crippen LogP contribution in [0.1, 0.15) is 12.8 Å². The van der Waals surface area contributed by atoms with Crippen LogP contribution in [0.25, 0.3) is 11.0 Å². The highest BCUT2D eigenvalue weighted by Crippen LogP contribution is 2.14. The number of nitrogens with zero attached hydrogens (tertiary/aromatic N) is 4. The molecule has 1 aromatic heterocycles. The van der Waals surface area contributed by atoms with Crippen molar-refractivity contribution in [2.45, 2.75) is 19.5 Å². The fraction of sp³-hybridized carbons (Fsp3) is 0.364. The predicted molar refractivity (Wildman–Crippen MR) is 58.5 cm³/mol. The zero-order valence-corrected chi connectivity index (χ0v) is 8.83. The number of benzene rings is 1. The van der Waals surface area contributed by atoms with Gasteiger partial charge >= 0.3 is 0 Å². The molecule has 1 aromatic carbocycles. The number of carbonyl (C=O) groups is 1. The molecule has 0 unspecified atom stereocenters.